The monoisotopic (exact) mass is 514 g/mol. The van der Waals surface area contributed by atoms with Crippen molar-refractivity contribution in [1.29, 1.82) is 0 Å². The Morgan fingerprint density at radius 1 is 0.647 bits per heavy atom. The van der Waals surface area contributed by atoms with Crippen molar-refractivity contribution in [2.45, 2.75) is 23.6 Å². The van der Waals surface area contributed by atoms with Crippen LogP contribution in [-0.2, 0) is 29.6 Å². The van der Waals surface area contributed by atoms with Crippen molar-refractivity contribution < 1.29 is 46.2 Å². The van der Waals surface area contributed by atoms with E-state index in [0.29, 0.717) is 12.1 Å². The average Bonchev–Trinajstić information content (AvgIpc) is 2.71. The second-order valence-electron chi connectivity index (χ2n) is 6.60. The summed E-state index contributed by atoms with van der Waals surface area (Å²) in [5, 5.41) is 23.0. The maximum Gasteiger partial charge on any atom is 0.337 e. The van der Waals surface area contributed by atoms with E-state index in [2.05, 4.69) is 10.6 Å². The van der Waals surface area contributed by atoms with Crippen LogP contribution in [0.5, 0.6) is 0 Å². The van der Waals surface area contributed by atoms with Crippen molar-refractivity contribution in [1.82, 2.24) is 9.66 Å². The van der Waals surface area contributed by atoms with E-state index in [1.807, 2.05) is 0 Å². The number of aromatic carboxylic acids is 2. The molecule has 14 nitrogen and oxygen atoms in total. The second kappa shape index (κ2) is 9.96. The lowest BCUT2D eigenvalue weighted by Gasteiger charge is -2.13. The highest BCUT2D eigenvalue weighted by Crippen LogP contribution is 2.22. The van der Waals surface area contributed by atoms with Gasteiger partial charge in [0.25, 0.3) is 20.0 Å². The molecule has 2 aromatic rings. The standard InChI is InChI=1S/C18H18N4O10S2/c1-9(23)19-15-5-3-11(7-13(15)17(25)26)33(29,30)21-22-34(31,32)12-4-6-16(20-10(2)24)14(8-12)18(27)28/h3-8,21-22H,1-2H3,(H,19,23)(H,20,24)(H,25,26)(H,27,28). The number of amides is 2. The van der Waals surface area contributed by atoms with Gasteiger partial charge in [0.1, 0.15) is 0 Å². The smallest absolute Gasteiger partial charge is 0.337 e. The molecule has 34 heavy (non-hydrogen) atoms. The zero-order valence-corrected chi connectivity index (χ0v) is 19.1. The molecule has 0 fully saturated rings. The van der Waals surface area contributed by atoms with Gasteiger partial charge in [-0.3, -0.25) is 9.59 Å². The predicted molar refractivity (Wildman–Crippen MR) is 116 cm³/mol. The van der Waals surface area contributed by atoms with E-state index >= 15 is 0 Å². The van der Waals surface area contributed by atoms with Gasteiger partial charge in [-0.2, -0.15) is 0 Å². The zero-order valence-electron chi connectivity index (χ0n) is 17.4. The van der Waals surface area contributed by atoms with Crippen LogP contribution in [0.4, 0.5) is 11.4 Å². The van der Waals surface area contributed by atoms with Gasteiger partial charge < -0.3 is 20.8 Å². The van der Waals surface area contributed by atoms with Crippen molar-refractivity contribution in [3.8, 4) is 0 Å². The highest BCUT2D eigenvalue weighted by molar-refractivity contribution is 7.92. The van der Waals surface area contributed by atoms with Gasteiger partial charge in [-0.15, -0.1) is 9.66 Å². The number of carboxylic acid groups (broad SMARTS) is 2. The SMILES string of the molecule is CC(=O)Nc1ccc(S(=O)(=O)NNS(=O)(=O)c2ccc(NC(C)=O)c(C(=O)O)c2)cc1C(=O)O. The lowest BCUT2D eigenvalue weighted by molar-refractivity contribution is -0.115. The molecule has 182 valence electrons. The fourth-order valence-electron chi connectivity index (χ4n) is 2.56. The van der Waals surface area contributed by atoms with Crippen molar-refractivity contribution in [2.24, 2.45) is 0 Å². The number of benzene rings is 2. The fourth-order valence-corrected chi connectivity index (χ4v) is 4.71. The first kappa shape index (κ1) is 26.4. The van der Waals surface area contributed by atoms with E-state index in [1.165, 1.54) is 0 Å². The first-order valence-electron chi connectivity index (χ1n) is 8.97. The Kier molecular flexibility index (Phi) is 7.73. The molecule has 0 heterocycles. The Balaban J connectivity index is 2.35. The van der Waals surface area contributed by atoms with Crippen molar-refractivity contribution in [3.05, 3.63) is 47.5 Å². The maximum absolute atomic E-state index is 12.5. The number of rotatable bonds is 9. The van der Waals surface area contributed by atoms with E-state index in [4.69, 9.17) is 0 Å². The summed E-state index contributed by atoms with van der Waals surface area (Å²) in [6.07, 6.45) is 0. The molecule has 0 aliphatic carbocycles. The summed E-state index contributed by atoms with van der Waals surface area (Å²) in [7, 11) is -9.29. The molecular formula is C18H18N4O10S2. The van der Waals surface area contributed by atoms with Crippen LogP contribution in [0.1, 0.15) is 34.6 Å². The van der Waals surface area contributed by atoms with Gasteiger partial charge in [0.15, 0.2) is 0 Å². The quantitative estimate of drug-likeness (QED) is 0.249. The van der Waals surface area contributed by atoms with Crippen molar-refractivity contribution >= 4 is 55.2 Å². The molecule has 0 bridgehead atoms. The van der Waals surface area contributed by atoms with E-state index in [0.717, 1.165) is 38.1 Å². The molecule has 2 rings (SSSR count). The average molecular weight is 514 g/mol. The summed E-state index contributed by atoms with van der Waals surface area (Å²) >= 11 is 0. The molecule has 0 aliphatic rings. The molecule has 0 aliphatic heterocycles. The third-order valence-electron chi connectivity index (χ3n) is 4.00. The Labute approximate surface area is 193 Å². The number of sulfonamides is 2. The molecule has 0 saturated heterocycles. The Morgan fingerprint density at radius 3 is 1.24 bits per heavy atom. The number of nitrogens with one attached hydrogen (secondary N) is 4. The number of carboxylic acids is 2. The third-order valence-corrected chi connectivity index (χ3v) is 6.62. The van der Waals surface area contributed by atoms with Gasteiger partial charge in [0.2, 0.25) is 11.8 Å². The van der Waals surface area contributed by atoms with E-state index < -0.39 is 64.7 Å². The van der Waals surface area contributed by atoms with Gasteiger partial charge in [-0.1, -0.05) is 0 Å². The van der Waals surface area contributed by atoms with Crippen LogP contribution < -0.4 is 20.3 Å². The third kappa shape index (κ3) is 6.35. The van der Waals surface area contributed by atoms with Crippen molar-refractivity contribution in [2.75, 3.05) is 10.6 Å². The summed E-state index contributed by atoms with van der Waals surface area (Å²) in [5.74, 6) is -4.31. The topological polar surface area (TPSA) is 225 Å². The van der Waals surface area contributed by atoms with Crippen LogP contribution in [0.25, 0.3) is 0 Å². The summed E-state index contributed by atoms with van der Waals surface area (Å²) in [6, 6.07) is 5.28. The minimum atomic E-state index is -4.64. The van der Waals surface area contributed by atoms with Crippen LogP contribution >= 0.6 is 0 Å². The van der Waals surface area contributed by atoms with Crippen molar-refractivity contribution in [3.63, 3.8) is 0 Å². The number of hydrazine groups is 1. The van der Waals surface area contributed by atoms with Crippen LogP contribution in [0.15, 0.2) is 46.2 Å². The van der Waals surface area contributed by atoms with Gasteiger partial charge in [-0.05, 0) is 36.4 Å². The van der Waals surface area contributed by atoms with Crippen LogP contribution in [-0.4, -0.2) is 50.8 Å². The van der Waals surface area contributed by atoms with E-state index in [9.17, 15) is 46.2 Å². The summed E-state index contributed by atoms with van der Waals surface area (Å²) in [6.45, 7) is 2.23. The number of hydrogen-bond acceptors (Lipinski definition) is 8. The molecule has 6 N–H and O–H groups in total. The summed E-state index contributed by atoms with van der Waals surface area (Å²) in [5.41, 5.74) is -1.50. The fraction of sp³-hybridized carbons (Fsp3) is 0.111. The Morgan fingerprint density at radius 2 is 0.971 bits per heavy atom. The van der Waals surface area contributed by atoms with Crippen LogP contribution in [0.2, 0.25) is 0 Å². The Hall–Kier alpha value is -3.86. The first-order chi connectivity index (χ1) is 15.6. The van der Waals surface area contributed by atoms with Gasteiger partial charge >= 0.3 is 11.9 Å². The summed E-state index contributed by atoms with van der Waals surface area (Å²) in [4.78, 5) is 47.1. The zero-order chi connectivity index (χ0) is 25.8. The molecule has 0 atom stereocenters. The van der Waals surface area contributed by atoms with Gasteiger partial charge in [-0.25, -0.2) is 26.4 Å². The number of carbonyl (C=O) groups is 4. The lowest BCUT2D eigenvalue weighted by atomic mass is 10.2. The summed E-state index contributed by atoms with van der Waals surface area (Å²) < 4.78 is 50.0. The molecule has 2 aromatic carbocycles. The highest BCUT2D eigenvalue weighted by atomic mass is 32.2. The molecule has 0 unspecified atom stereocenters. The minimum Gasteiger partial charge on any atom is -0.478 e. The van der Waals surface area contributed by atoms with Crippen LogP contribution in [0.3, 0.4) is 0 Å². The van der Waals surface area contributed by atoms with Gasteiger partial charge in [0, 0.05) is 13.8 Å². The normalized spacial score (nSPS) is 11.5. The molecule has 2 amide bonds. The molecule has 0 saturated carbocycles. The number of anilines is 2. The highest BCUT2D eigenvalue weighted by Gasteiger charge is 2.24. The number of hydrogen-bond donors (Lipinski definition) is 6. The van der Waals surface area contributed by atoms with E-state index in [1.54, 1.807) is 9.66 Å². The molecule has 0 aromatic heterocycles. The van der Waals surface area contributed by atoms with Gasteiger partial charge in [0.05, 0.1) is 32.3 Å². The van der Waals surface area contributed by atoms with E-state index in [-0.39, 0.29) is 11.4 Å². The first-order valence-corrected chi connectivity index (χ1v) is 11.9. The predicted octanol–water partition coefficient (Wildman–Crippen LogP) is 0.172. The van der Waals surface area contributed by atoms with Crippen LogP contribution in [0, 0.1) is 0 Å². The minimum absolute atomic E-state index is 0.181. The second-order valence-corrected chi connectivity index (χ2v) is 9.96. The molecule has 0 radical (unpaired) electrons. The lowest BCUT2D eigenvalue weighted by Crippen LogP contribution is -2.41. The molecule has 16 heteroatoms. The Bertz CT molecular complexity index is 1290. The molecule has 0 spiro atoms. The largest absolute Gasteiger partial charge is 0.478 e. The maximum atomic E-state index is 12.5. The number of carbonyl (C=O) groups excluding carboxylic acids is 2. The molecular weight excluding hydrogens is 496 g/mol.